The molecule has 2 atom stereocenters. The molecule has 1 aliphatic carbocycles. The molecule has 2 fully saturated rings. The first-order chi connectivity index (χ1) is 14.8. The molecular weight excluding hydrogens is 420 g/mol. The summed E-state index contributed by atoms with van der Waals surface area (Å²) >= 11 is 0. The monoisotopic (exact) mass is 454 g/mol. The largest absolute Gasteiger partial charge is 0.497 e. The molecule has 1 amide bonds. The van der Waals surface area contributed by atoms with Gasteiger partial charge in [-0.05, 0) is 62.1 Å². The number of methoxy groups -OCH3 is 2. The van der Waals surface area contributed by atoms with E-state index >= 15 is 0 Å². The zero-order valence-corrected chi connectivity index (χ0v) is 19.4. The van der Waals surface area contributed by atoms with Crippen LogP contribution in [0.25, 0.3) is 0 Å². The van der Waals surface area contributed by atoms with Crippen molar-refractivity contribution < 1.29 is 27.4 Å². The van der Waals surface area contributed by atoms with E-state index in [-0.39, 0.29) is 18.2 Å². The van der Waals surface area contributed by atoms with Gasteiger partial charge < -0.3 is 19.1 Å². The second kappa shape index (κ2) is 10.7. The SMILES string of the molecule is COC(=O)N1CCC[C@H](NS(C)(=O)=O)[C@@H]1CO[C@H]1CC[C@@H](c2ccc(OC)cc2)CC1. The van der Waals surface area contributed by atoms with Crippen LogP contribution >= 0.6 is 0 Å². The molecule has 1 saturated heterocycles. The van der Waals surface area contributed by atoms with Crippen molar-refractivity contribution in [2.75, 3.05) is 33.6 Å². The molecule has 0 bridgehead atoms. The number of benzene rings is 1. The molecule has 0 radical (unpaired) electrons. The molecule has 1 heterocycles. The van der Waals surface area contributed by atoms with E-state index in [0.717, 1.165) is 37.7 Å². The molecule has 2 aliphatic rings. The number of amides is 1. The summed E-state index contributed by atoms with van der Waals surface area (Å²) in [6.07, 6.45) is 6.12. The highest BCUT2D eigenvalue weighted by Crippen LogP contribution is 2.35. The smallest absolute Gasteiger partial charge is 0.409 e. The van der Waals surface area contributed by atoms with Crippen LogP contribution in [0.1, 0.15) is 50.0 Å². The lowest BCUT2D eigenvalue weighted by Gasteiger charge is -2.41. The lowest BCUT2D eigenvalue weighted by molar-refractivity contribution is -0.0245. The minimum absolute atomic E-state index is 0.106. The Labute approximate surface area is 185 Å². The number of hydrogen-bond donors (Lipinski definition) is 1. The van der Waals surface area contributed by atoms with E-state index in [0.29, 0.717) is 31.9 Å². The zero-order chi connectivity index (χ0) is 22.4. The molecule has 1 aromatic carbocycles. The average Bonchev–Trinajstić information content (AvgIpc) is 2.77. The molecular formula is C22H34N2O6S. The third-order valence-corrected chi connectivity index (χ3v) is 7.05. The van der Waals surface area contributed by atoms with Crippen molar-refractivity contribution in [3.8, 4) is 5.75 Å². The Morgan fingerprint density at radius 1 is 1.10 bits per heavy atom. The van der Waals surface area contributed by atoms with Crippen LogP contribution in [0.15, 0.2) is 24.3 Å². The first kappa shape index (κ1) is 23.8. The van der Waals surface area contributed by atoms with Gasteiger partial charge in [-0.1, -0.05) is 12.1 Å². The van der Waals surface area contributed by atoms with Gasteiger partial charge in [-0.15, -0.1) is 0 Å². The summed E-state index contributed by atoms with van der Waals surface area (Å²) < 4.78 is 42.7. The molecule has 1 saturated carbocycles. The van der Waals surface area contributed by atoms with Crippen LogP contribution in [0.5, 0.6) is 5.75 Å². The van der Waals surface area contributed by atoms with Gasteiger partial charge in [0.2, 0.25) is 10.0 Å². The minimum Gasteiger partial charge on any atom is -0.497 e. The second-order valence-corrected chi connectivity index (χ2v) is 10.2. The second-order valence-electron chi connectivity index (χ2n) is 8.45. The van der Waals surface area contributed by atoms with E-state index in [2.05, 4.69) is 16.9 Å². The maximum atomic E-state index is 12.2. The van der Waals surface area contributed by atoms with Crippen molar-refractivity contribution >= 4 is 16.1 Å². The number of carbonyl (C=O) groups is 1. The zero-order valence-electron chi connectivity index (χ0n) is 18.6. The molecule has 1 aromatic rings. The van der Waals surface area contributed by atoms with Gasteiger partial charge in [0, 0.05) is 12.6 Å². The maximum absolute atomic E-state index is 12.2. The lowest BCUT2D eigenvalue weighted by Crippen LogP contribution is -2.59. The molecule has 3 rings (SSSR count). The number of hydrogen-bond acceptors (Lipinski definition) is 6. The van der Waals surface area contributed by atoms with Crippen molar-refractivity contribution in [3.05, 3.63) is 29.8 Å². The first-order valence-corrected chi connectivity index (χ1v) is 12.8. The fourth-order valence-electron chi connectivity index (χ4n) is 4.69. The summed E-state index contributed by atoms with van der Waals surface area (Å²) in [5.74, 6) is 1.37. The molecule has 1 N–H and O–H groups in total. The highest BCUT2D eigenvalue weighted by molar-refractivity contribution is 7.88. The maximum Gasteiger partial charge on any atom is 0.409 e. The molecule has 0 aromatic heterocycles. The van der Waals surface area contributed by atoms with Crippen LogP contribution < -0.4 is 9.46 Å². The third-order valence-electron chi connectivity index (χ3n) is 6.32. The number of nitrogens with zero attached hydrogens (tertiary/aromatic N) is 1. The van der Waals surface area contributed by atoms with Crippen LogP contribution in [-0.4, -0.2) is 71.2 Å². The van der Waals surface area contributed by atoms with Gasteiger partial charge in [0.1, 0.15) is 5.75 Å². The minimum atomic E-state index is -3.39. The van der Waals surface area contributed by atoms with E-state index < -0.39 is 16.1 Å². The lowest BCUT2D eigenvalue weighted by atomic mass is 9.82. The van der Waals surface area contributed by atoms with Crippen molar-refractivity contribution in [3.63, 3.8) is 0 Å². The van der Waals surface area contributed by atoms with Crippen LogP contribution in [-0.2, 0) is 19.5 Å². The predicted molar refractivity (Wildman–Crippen MR) is 118 cm³/mol. The van der Waals surface area contributed by atoms with E-state index in [1.807, 2.05) is 12.1 Å². The highest BCUT2D eigenvalue weighted by Gasteiger charge is 2.37. The van der Waals surface area contributed by atoms with Gasteiger partial charge in [0.15, 0.2) is 0 Å². The first-order valence-electron chi connectivity index (χ1n) is 10.9. The van der Waals surface area contributed by atoms with Gasteiger partial charge in [0.25, 0.3) is 0 Å². The van der Waals surface area contributed by atoms with Gasteiger partial charge in [-0.2, -0.15) is 0 Å². The van der Waals surface area contributed by atoms with E-state index in [1.54, 1.807) is 12.0 Å². The van der Waals surface area contributed by atoms with Gasteiger partial charge in [0.05, 0.1) is 39.2 Å². The topological polar surface area (TPSA) is 94.2 Å². The number of piperidine rings is 1. The molecule has 174 valence electrons. The van der Waals surface area contributed by atoms with Crippen molar-refractivity contribution in [1.82, 2.24) is 9.62 Å². The Kier molecular flexibility index (Phi) is 8.18. The standard InChI is InChI=1S/C22H34N2O6S/c1-28-18-10-6-16(7-11-18)17-8-12-19(13-9-17)30-15-21-20(23-31(3,26)27)5-4-14-24(21)22(25)29-2/h6-7,10-11,17,19-21,23H,4-5,8-9,12-15H2,1-3H3/t17-,19+,20-,21-/m0/s1. The van der Waals surface area contributed by atoms with Crippen LogP contribution in [0.3, 0.4) is 0 Å². The van der Waals surface area contributed by atoms with Crippen LogP contribution in [0, 0.1) is 0 Å². The van der Waals surface area contributed by atoms with Gasteiger partial charge in [-0.3, -0.25) is 0 Å². The normalized spacial score (nSPS) is 27.0. The summed E-state index contributed by atoms with van der Waals surface area (Å²) in [5, 5.41) is 0. The summed E-state index contributed by atoms with van der Waals surface area (Å²) in [4.78, 5) is 13.8. The van der Waals surface area contributed by atoms with Crippen LogP contribution in [0.2, 0.25) is 0 Å². The Hall–Kier alpha value is -1.84. The summed E-state index contributed by atoms with van der Waals surface area (Å²) in [7, 11) is -0.383. The summed E-state index contributed by atoms with van der Waals surface area (Å²) in [6, 6.07) is 7.49. The number of sulfonamides is 1. The molecule has 1 aliphatic heterocycles. The van der Waals surface area contributed by atoms with Crippen molar-refractivity contribution in [2.24, 2.45) is 0 Å². The molecule has 9 heteroatoms. The van der Waals surface area contributed by atoms with E-state index in [1.165, 1.54) is 12.7 Å². The molecule has 0 spiro atoms. The Morgan fingerprint density at radius 2 is 1.77 bits per heavy atom. The summed E-state index contributed by atoms with van der Waals surface area (Å²) in [5.41, 5.74) is 1.32. The van der Waals surface area contributed by atoms with Gasteiger partial charge in [-0.25, -0.2) is 17.9 Å². The van der Waals surface area contributed by atoms with E-state index in [4.69, 9.17) is 14.2 Å². The Balaban J connectivity index is 1.57. The molecule has 0 unspecified atom stereocenters. The fraction of sp³-hybridized carbons (Fsp3) is 0.682. The Morgan fingerprint density at radius 3 is 2.35 bits per heavy atom. The number of carbonyl (C=O) groups excluding carboxylic acids is 1. The average molecular weight is 455 g/mol. The van der Waals surface area contributed by atoms with Crippen molar-refractivity contribution in [1.29, 1.82) is 0 Å². The highest BCUT2D eigenvalue weighted by atomic mass is 32.2. The predicted octanol–water partition coefficient (Wildman–Crippen LogP) is 2.89. The quantitative estimate of drug-likeness (QED) is 0.681. The van der Waals surface area contributed by atoms with Gasteiger partial charge >= 0.3 is 6.09 Å². The molecule has 8 nitrogen and oxygen atoms in total. The van der Waals surface area contributed by atoms with Crippen LogP contribution in [0.4, 0.5) is 4.79 Å². The van der Waals surface area contributed by atoms with Crippen molar-refractivity contribution in [2.45, 2.75) is 62.6 Å². The van der Waals surface area contributed by atoms with E-state index in [9.17, 15) is 13.2 Å². The fourth-order valence-corrected chi connectivity index (χ4v) is 5.52. The number of likely N-dealkylation sites (tertiary alicyclic amines) is 1. The number of rotatable bonds is 7. The third kappa shape index (κ3) is 6.57. The molecule has 31 heavy (non-hydrogen) atoms. The Bertz CT molecular complexity index is 821. The summed E-state index contributed by atoms with van der Waals surface area (Å²) in [6.45, 7) is 0.826. The number of nitrogens with one attached hydrogen (secondary N) is 1. The number of ether oxygens (including phenoxy) is 3.